The van der Waals surface area contributed by atoms with Crippen molar-refractivity contribution >= 4 is 11.7 Å². The topological polar surface area (TPSA) is 46.2 Å². The average molecular weight is 197 g/mol. The van der Waals surface area contributed by atoms with Crippen molar-refractivity contribution < 1.29 is 9.59 Å². The maximum absolute atomic E-state index is 11.6. The van der Waals surface area contributed by atoms with Crippen LogP contribution in [0.15, 0.2) is 0 Å². The van der Waals surface area contributed by atoms with Crippen LogP contribution in [0.1, 0.15) is 52.4 Å². The summed E-state index contributed by atoms with van der Waals surface area (Å²) in [6.07, 6.45) is 5.35. The molecule has 0 aromatic heterocycles. The summed E-state index contributed by atoms with van der Waals surface area (Å²) in [7, 11) is 0. The molecule has 0 aromatic rings. The van der Waals surface area contributed by atoms with E-state index in [1.807, 2.05) is 6.92 Å². The summed E-state index contributed by atoms with van der Waals surface area (Å²) < 4.78 is 0. The summed E-state index contributed by atoms with van der Waals surface area (Å²) in [6, 6.07) is 0. The number of carbonyl (C=O) groups excluding carboxylic acids is 2. The van der Waals surface area contributed by atoms with Crippen molar-refractivity contribution in [2.24, 2.45) is 0 Å². The van der Waals surface area contributed by atoms with Crippen LogP contribution in [0.2, 0.25) is 0 Å². The maximum atomic E-state index is 11.6. The lowest BCUT2D eigenvalue weighted by molar-refractivity contribution is -0.132. The van der Waals surface area contributed by atoms with Crippen molar-refractivity contribution in [2.75, 3.05) is 0 Å². The van der Waals surface area contributed by atoms with Gasteiger partial charge in [0.25, 0.3) is 0 Å². The number of Topliss-reactive ketones (excluding diaryl/α,β-unsaturated/α-hetero) is 1. The molecule has 0 aromatic carbocycles. The fourth-order valence-electron chi connectivity index (χ4n) is 2.08. The van der Waals surface area contributed by atoms with E-state index in [0.717, 1.165) is 25.7 Å². The predicted molar refractivity (Wildman–Crippen MR) is 54.9 cm³/mol. The molecule has 0 spiro atoms. The van der Waals surface area contributed by atoms with E-state index in [1.54, 1.807) is 6.92 Å². The Kier molecular flexibility index (Phi) is 3.67. The molecule has 3 nitrogen and oxygen atoms in total. The van der Waals surface area contributed by atoms with Gasteiger partial charge in [0.2, 0.25) is 5.91 Å². The van der Waals surface area contributed by atoms with Gasteiger partial charge in [-0.1, -0.05) is 26.2 Å². The molecule has 0 unspecified atom stereocenters. The van der Waals surface area contributed by atoms with Crippen LogP contribution in [0.4, 0.5) is 0 Å². The van der Waals surface area contributed by atoms with Gasteiger partial charge in [-0.15, -0.1) is 0 Å². The number of ketones is 1. The molecule has 3 heteroatoms. The van der Waals surface area contributed by atoms with E-state index >= 15 is 0 Å². The molecule has 0 saturated heterocycles. The normalized spacial score (nSPS) is 20.1. The molecule has 1 rings (SSSR count). The van der Waals surface area contributed by atoms with Crippen LogP contribution in [0, 0.1) is 0 Å². The molecular weight excluding hydrogens is 178 g/mol. The number of hydrogen-bond donors (Lipinski definition) is 1. The third-order valence-electron chi connectivity index (χ3n) is 3.08. The van der Waals surface area contributed by atoms with E-state index in [1.165, 1.54) is 6.42 Å². The number of amides is 1. The molecule has 0 heterocycles. The van der Waals surface area contributed by atoms with Crippen LogP contribution < -0.4 is 5.32 Å². The molecule has 0 atom stereocenters. The van der Waals surface area contributed by atoms with E-state index in [-0.39, 0.29) is 11.7 Å². The van der Waals surface area contributed by atoms with Crippen molar-refractivity contribution in [3.05, 3.63) is 0 Å². The van der Waals surface area contributed by atoms with Gasteiger partial charge in [-0.05, 0) is 19.8 Å². The molecule has 0 bridgehead atoms. The van der Waals surface area contributed by atoms with Gasteiger partial charge in [-0.2, -0.15) is 0 Å². The third-order valence-corrected chi connectivity index (χ3v) is 3.08. The highest BCUT2D eigenvalue weighted by atomic mass is 16.2. The minimum absolute atomic E-state index is 0.0119. The second kappa shape index (κ2) is 4.58. The second-order valence-electron chi connectivity index (χ2n) is 4.10. The second-order valence-corrected chi connectivity index (χ2v) is 4.10. The highest BCUT2D eigenvalue weighted by molar-refractivity contribution is 5.91. The summed E-state index contributed by atoms with van der Waals surface area (Å²) in [5.41, 5.74) is -0.536. The molecule has 14 heavy (non-hydrogen) atoms. The Bertz CT molecular complexity index is 229. The van der Waals surface area contributed by atoms with Gasteiger partial charge in [0, 0.05) is 6.42 Å². The third kappa shape index (κ3) is 2.34. The Morgan fingerprint density at radius 2 is 1.79 bits per heavy atom. The Morgan fingerprint density at radius 1 is 1.21 bits per heavy atom. The number of carbonyl (C=O) groups is 2. The smallest absolute Gasteiger partial charge is 0.220 e. The molecule has 1 saturated carbocycles. The van der Waals surface area contributed by atoms with Gasteiger partial charge in [-0.25, -0.2) is 0 Å². The van der Waals surface area contributed by atoms with Gasteiger partial charge < -0.3 is 5.32 Å². The fourth-order valence-corrected chi connectivity index (χ4v) is 2.08. The van der Waals surface area contributed by atoms with E-state index in [4.69, 9.17) is 0 Å². The lowest BCUT2D eigenvalue weighted by Crippen LogP contribution is -2.54. The first-order chi connectivity index (χ1) is 6.60. The largest absolute Gasteiger partial charge is 0.344 e. The fraction of sp³-hybridized carbons (Fsp3) is 0.818. The Balaban J connectivity index is 2.70. The summed E-state index contributed by atoms with van der Waals surface area (Å²) >= 11 is 0. The Morgan fingerprint density at radius 3 is 2.21 bits per heavy atom. The van der Waals surface area contributed by atoms with Gasteiger partial charge >= 0.3 is 0 Å². The SMILES string of the molecule is CCC(=O)NC1(C(C)=O)CCCCC1. The Labute approximate surface area is 85.3 Å². The molecule has 1 aliphatic rings. The lowest BCUT2D eigenvalue weighted by atomic mass is 9.79. The van der Waals surface area contributed by atoms with Crippen LogP contribution in [0.25, 0.3) is 0 Å². The van der Waals surface area contributed by atoms with Crippen molar-refractivity contribution in [1.29, 1.82) is 0 Å². The van der Waals surface area contributed by atoms with E-state index in [9.17, 15) is 9.59 Å². The van der Waals surface area contributed by atoms with Crippen molar-refractivity contribution in [2.45, 2.75) is 57.9 Å². The average Bonchev–Trinajstić information content (AvgIpc) is 2.19. The van der Waals surface area contributed by atoms with E-state index < -0.39 is 5.54 Å². The van der Waals surface area contributed by atoms with E-state index in [2.05, 4.69) is 5.32 Å². The predicted octanol–water partition coefficient (Wildman–Crippen LogP) is 1.80. The quantitative estimate of drug-likeness (QED) is 0.750. The zero-order chi connectivity index (χ0) is 10.6. The standard InChI is InChI=1S/C11H19NO2/c1-3-10(14)12-11(9(2)13)7-5-4-6-8-11/h3-8H2,1-2H3,(H,12,14). The highest BCUT2D eigenvalue weighted by Crippen LogP contribution is 2.29. The summed E-state index contributed by atoms with van der Waals surface area (Å²) in [6.45, 7) is 3.40. The molecule has 1 fully saturated rings. The van der Waals surface area contributed by atoms with Crippen LogP contribution >= 0.6 is 0 Å². The summed E-state index contributed by atoms with van der Waals surface area (Å²) in [4.78, 5) is 22.9. The molecule has 1 N–H and O–H groups in total. The first-order valence-electron chi connectivity index (χ1n) is 5.43. The first kappa shape index (κ1) is 11.2. The summed E-state index contributed by atoms with van der Waals surface area (Å²) in [5, 5.41) is 2.89. The lowest BCUT2D eigenvalue weighted by Gasteiger charge is -2.35. The monoisotopic (exact) mass is 197 g/mol. The number of nitrogens with one attached hydrogen (secondary N) is 1. The van der Waals surface area contributed by atoms with Gasteiger partial charge in [0.15, 0.2) is 5.78 Å². The van der Waals surface area contributed by atoms with Crippen LogP contribution in [-0.4, -0.2) is 17.2 Å². The minimum Gasteiger partial charge on any atom is -0.344 e. The van der Waals surface area contributed by atoms with Crippen LogP contribution in [0.5, 0.6) is 0 Å². The minimum atomic E-state index is -0.536. The van der Waals surface area contributed by atoms with Crippen LogP contribution in [0.3, 0.4) is 0 Å². The molecule has 1 aliphatic carbocycles. The maximum Gasteiger partial charge on any atom is 0.220 e. The molecule has 1 amide bonds. The molecule has 0 radical (unpaired) electrons. The van der Waals surface area contributed by atoms with Crippen molar-refractivity contribution in [1.82, 2.24) is 5.32 Å². The van der Waals surface area contributed by atoms with Crippen LogP contribution in [-0.2, 0) is 9.59 Å². The van der Waals surface area contributed by atoms with Gasteiger partial charge in [-0.3, -0.25) is 9.59 Å². The molecular formula is C11H19NO2. The number of hydrogen-bond acceptors (Lipinski definition) is 2. The van der Waals surface area contributed by atoms with Crippen molar-refractivity contribution in [3.63, 3.8) is 0 Å². The zero-order valence-electron chi connectivity index (χ0n) is 9.06. The summed E-state index contributed by atoms with van der Waals surface area (Å²) in [5.74, 6) is 0.0982. The zero-order valence-corrected chi connectivity index (χ0v) is 9.06. The number of rotatable bonds is 3. The first-order valence-corrected chi connectivity index (χ1v) is 5.43. The molecule has 0 aliphatic heterocycles. The molecule has 80 valence electrons. The highest BCUT2D eigenvalue weighted by Gasteiger charge is 2.37. The van der Waals surface area contributed by atoms with Crippen molar-refractivity contribution in [3.8, 4) is 0 Å². The van der Waals surface area contributed by atoms with Gasteiger partial charge in [0.1, 0.15) is 0 Å². The van der Waals surface area contributed by atoms with Gasteiger partial charge in [0.05, 0.1) is 5.54 Å². The van der Waals surface area contributed by atoms with E-state index in [0.29, 0.717) is 6.42 Å². The Hall–Kier alpha value is -0.860.